The van der Waals surface area contributed by atoms with E-state index in [4.69, 9.17) is 9.47 Å². The van der Waals surface area contributed by atoms with E-state index in [1.165, 1.54) is 6.08 Å². The number of ether oxygens (including phenoxy) is 2. The lowest BCUT2D eigenvalue weighted by atomic mass is 9.89. The van der Waals surface area contributed by atoms with Crippen LogP contribution in [0.2, 0.25) is 0 Å². The first-order valence-corrected chi connectivity index (χ1v) is 10.5. The van der Waals surface area contributed by atoms with Crippen LogP contribution in [-0.4, -0.2) is 25.8 Å². The lowest BCUT2D eigenvalue weighted by molar-refractivity contribution is -0.111. The zero-order valence-corrected chi connectivity index (χ0v) is 18.2. The van der Waals surface area contributed by atoms with E-state index in [2.05, 4.69) is 0 Å². The van der Waals surface area contributed by atoms with Gasteiger partial charge in [0, 0.05) is 28.6 Å². The molecule has 0 spiro atoms. The number of allylic oxidation sites excluding steroid dienone is 1. The summed E-state index contributed by atoms with van der Waals surface area (Å²) in [6.07, 6.45) is 1.42. The smallest absolute Gasteiger partial charge is 0.233 e. The minimum Gasteiger partial charge on any atom is -0.497 e. The first-order valence-electron chi connectivity index (χ1n) is 10.5. The van der Waals surface area contributed by atoms with E-state index in [-0.39, 0.29) is 0 Å². The number of hydrogen-bond acceptors (Lipinski definition) is 5. The number of Topliss-reactive ketones (excluding diaryl/α,β-unsaturated/α-hetero) is 1. The van der Waals surface area contributed by atoms with Crippen LogP contribution in [0.15, 0.2) is 91.0 Å². The summed E-state index contributed by atoms with van der Waals surface area (Å²) in [6.45, 7) is 0. The lowest BCUT2D eigenvalue weighted by Crippen LogP contribution is -2.25. The first kappa shape index (κ1) is 20.5. The minimum absolute atomic E-state index is 0.406. The molecule has 0 aromatic heterocycles. The third kappa shape index (κ3) is 3.64. The molecule has 33 heavy (non-hydrogen) atoms. The van der Waals surface area contributed by atoms with E-state index in [1.54, 1.807) is 20.3 Å². The van der Waals surface area contributed by atoms with Gasteiger partial charge < -0.3 is 14.4 Å². The summed E-state index contributed by atoms with van der Waals surface area (Å²) in [6, 6.07) is 26.7. The number of carbonyl (C=O) groups excluding carboxylic acids is 2. The molecule has 4 aromatic carbocycles. The fraction of sp³-hybridized carbons (Fsp3) is 0.0714. The monoisotopic (exact) mass is 435 g/mol. The highest BCUT2D eigenvalue weighted by Gasteiger charge is 2.30. The van der Waals surface area contributed by atoms with Crippen molar-refractivity contribution >= 4 is 39.4 Å². The zero-order chi connectivity index (χ0) is 22.9. The number of benzene rings is 4. The summed E-state index contributed by atoms with van der Waals surface area (Å²) in [5.74, 6) is 0.413. The molecule has 0 saturated carbocycles. The van der Waals surface area contributed by atoms with E-state index < -0.39 is 11.6 Å². The number of anilines is 2. The fourth-order valence-electron chi connectivity index (χ4n) is 4.12. The number of hydrogen-bond donors (Lipinski definition) is 0. The number of nitrogens with zero attached hydrogens (tertiary/aromatic N) is 1. The van der Waals surface area contributed by atoms with Crippen molar-refractivity contribution in [3.05, 3.63) is 102 Å². The van der Waals surface area contributed by atoms with Gasteiger partial charge in [-0.3, -0.25) is 9.59 Å². The predicted molar refractivity (Wildman–Crippen MR) is 129 cm³/mol. The largest absolute Gasteiger partial charge is 0.497 e. The van der Waals surface area contributed by atoms with Crippen molar-refractivity contribution in [1.29, 1.82) is 0 Å². The van der Waals surface area contributed by atoms with E-state index in [0.717, 1.165) is 33.6 Å². The van der Waals surface area contributed by atoms with Crippen LogP contribution >= 0.6 is 0 Å². The Balaban J connectivity index is 1.74. The van der Waals surface area contributed by atoms with Crippen molar-refractivity contribution in [2.24, 2.45) is 0 Å². The van der Waals surface area contributed by atoms with Gasteiger partial charge in [0.2, 0.25) is 11.6 Å². The Morgan fingerprint density at radius 3 is 1.61 bits per heavy atom. The SMILES string of the molecule is COc1ccc(N(C2=CC(=O)C(=O)c3cc4ccccc4cc32)c2ccc(OC)cc2)cc1. The second kappa shape index (κ2) is 8.28. The molecule has 0 saturated heterocycles. The van der Waals surface area contributed by atoms with Gasteiger partial charge in [-0.2, -0.15) is 0 Å². The van der Waals surface area contributed by atoms with Gasteiger partial charge in [0.15, 0.2) is 0 Å². The topological polar surface area (TPSA) is 55.8 Å². The van der Waals surface area contributed by atoms with Gasteiger partial charge in [0.25, 0.3) is 0 Å². The molecule has 0 amide bonds. The van der Waals surface area contributed by atoms with Crippen molar-refractivity contribution in [2.75, 3.05) is 19.1 Å². The maximum absolute atomic E-state index is 12.8. The Morgan fingerprint density at radius 2 is 1.12 bits per heavy atom. The van der Waals surface area contributed by atoms with Gasteiger partial charge >= 0.3 is 0 Å². The molecule has 0 atom stereocenters. The Labute approximate surface area is 191 Å². The molecule has 0 N–H and O–H groups in total. The third-order valence-electron chi connectivity index (χ3n) is 5.80. The first-order chi connectivity index (χ1) is 16.1. The van der Waals surface area contributed by atoms with Crippen molar-refractivity contribution in [3.8, 4) is 11.5 Å². The molecular weight excluding hydrogens is 414 g/mol. The molecule has 4 aromatic rings. The summed E-state index contributed by atoms with van der Waals surface area (Å²) >= 11 is 0. The van der Waals surface area contributed by atoms with E-state index in [9.17, 15) is 9.59 Å². The molecular formula is C28H21NO4. The van der Waals surface area contributed by atoms with Crippen LogP contribution in [0, 0.1) is 0 Å². The number of methoxy groups -OCH3 is 2. The molecule has 1 aliphatic carbocycles. The van der Waals surface area contributed by atoms with Crippen LogP contribution in [0.3, 0.4) is 0 Å². The number of carbonyl (C=O) groups is 2. The molecule has 0 fully saturated rings. The molecule has 1 aliphatic rings. The van der Waals surface area contributed by atoms with Crippen LogP contribution in [0.1, 0.15) is 15.9 Å². The predicted octanol–water partition coefficient (Wildman–Crippen LogP) is 5.80. The molecule has 0 heterocycles. The highest BCUT2D eigenvalue weighted by molar-refractivity contribution is 6.51. The molecule has 162 valence electrons. The highest BCUT2D eigenvalue weighted by atomic mass is 16.5. The van der Waals surface area contributed by atoms with Gasteiger partial charge in [-0.1, -0.05) is 24.3 Å². The summed E-state index contributed by atoms with van der Waals surface area (Å²) < 4.78 is 10.6. The van der Waals surface area contributed by atoms with E-state index in [1.807, 2.05) is 83.8 Å². The van der Waals surface area contributed by atoms with Crippen LogP contribution in [-0.2, 0) is 4.79 Å². The summed E-state index contributed by atoms with van der Waals surface area (Å²) in [4.78, 5) is 27.6. The van der Waals surface area contributed by atoms with Gasteiger partial charge in [-0.25, -0.2) is 0 Å². The number of rotatable bonds is 5. The number of ketones is 2. The fourth-order valence-corrected chi connectivity index (χ4v) is 4.12. The summed E-state index contributed by atoms with van der Waals surface area (Å²) in [7, 11) is 3.23. The van der Waals surface area contributed by atoms with Gasteiger partial charge in [-0.05, 0) is 71.4 Å². The molecule has 0 radical (unpaired) electrons. The average molecular weight is 435 g/mol. The highest BCUT2D eigenvalue weighted by Crippen LogP contribution is 2.40. The molecule has 0 unspecified atom stereocenters. The maximum Gasteiger partial charge on any atom is 0.233 e. The van der Waals surface area contributed by atoms with Gasteiger partial charge in [0.1, 0.15) is 11.5 Å². The van der Waals surface area contributed by atoms with Crippen molar-refractivity contribution in [3.63, 3.8) is 0 Å². The van der Waals surface area contributed by atoms with Crippen molar-refractivity contribution < 1.29 is 19.1 Å². The lowest BCUT2D eigenvalue weighted by Gasteiger charge is -2.31. The van der Waals surface area contributed by atoms with Gasteiger partial charge in [-0.15, -0.1) is 0 Å². The second-order valence-corrected chi connectivity index (χ2v) is 7.70. The minimum atomic E-state index is -0.542. The molecule has 0 aliphatic heterocycles. The maximum atomic E-state index is 12.8. The van der Waals surface area contributed by atoms with Crippen molar-refractivity contribution in [2.45, 2.75) is 0 Å². The number of fused-ring (bicyclic) bond motifs is 2. The quantitative estimate of drug-likeness (QED) is 0.371. The molecule has 0 bridgehead atoms. The van der Waals surface area contributed by atoms with Crippen LogP contribution < -0.4 is 14.4 Å². The summed E-state index contributed by atoms with van der Waals surface area (Å²) in [5, 5.41) is 1.91. The molecule has 5 heteroatoms. The van der Waals surface area contributed by atoms with Crippen LogP contribution in [0.25, 0.3) is 16.5 Å². The van der Waals surface area contributed by atoms with Crippen molar-refractivity contribution in [1.82, 2.24) is 0 Å². The average Bonchev–Trinajstić information content (AvgIpc) is 2.87. The van der Waals surface area contributed by atoms with E-state index in [0.29, 0.717) is 16.8 Å². The Bertz CT molecular complexity index is 1360. The Kier molecular flexibility index (Phi) is 5.15. The molecule has 5 rings (SSSR count). The summed E-state index contributed by atoms with van der Waals surface area (Å²) in [5.41, 5.74) is 3.41. The van der Waals surface area contributed by atoms with E-state index >= 15 is 0 Å². The normalized spacial score (nSPS) is 12.8. The van der Waals surface area contributed by atoms with Crippen LogP contribution in [0.5, 0.6) is 11.5 Å². The van der Waals surface area contributed by atoms with Gasteiger partial charge in [0.05, 0.1) is 19.9 Å². The second-order valence-electron chi connectivity index (χ2n) is 7.70. The Hall–Kier alpha value is -4.38. The zero-order valence-electron chi connectivity index (χ0n) is 18.2. The molecule has 5 nitrogen and oxygen atoms in total. The standard InChI is InChI=1S/C28H21NO4/c1-32-22-11-7-20(8-12-22)29(21-9-13-23(33-2)14-10-21)26-17-27(30)28(31)25-16-19-6-4-3-5-18(19)15-24(25)26/h3-17H,1-2H3. The third-order valence-corrected chi connectivity index (χ3v) is 5.80. The van der Waals surface area contributed by atoms with Crippen LogP contribution in [0.4, 0.5) is 11.4 Å². The Morgan fingerprint density at radius 1 is 0.636 bits per heavy atom.